The van der Waals surface area contributed by atoms with Crippen molar-refractivity contribution in [3.63, 3.8) is 0 Å². The summed E-state index contributed by atoms with van der Waals surface area (Å²) in [5.41, 5.74) is 3.56. The summed E-state index contributed by atoms with van der Waals surface area (Å²) >= 11 is 7.86. The molecule has 2 saturated heterocycles. The maximum atomic E-state index is 16.0. The van der Waals surface area contributed by atoms with Gasteiger partial charge < -0.3 is 14.9 Å². The van der Waals surface area contributed by atoms with Gasteiger partial charge >= 0.3 is 6.18 Å². The molecule has 45 heavy (non-hydrogen) atoms. The average molecular weight is 666 g/mol. The Morgan fingerprint density at radius 1 is 0.956 bits per heavy atom. The van der Waals surface area contributed by atoms with Gasteiger partial charge in [0.25, 0.3) is 0 Å². The van der Waals surface area contributed by atoms with Crippen LogP contribution >= 0.6 is 23.7 Å². The zero-order chi connectivity index (χ0) is 32.0. The topological polar surface area (TPSA) is 78.3 Å². The molecule has 15 heteroatoms. The van der Waals surface area contributed by atoms with Crippen LogP contribution in [0.4, 0.5) is 33.3 Å². The molecule has 0 bridgehead atoms. The van der Waals surface area contributed by atoms with Crippen molar-refractivity contribution in [2.75, 3.05) is 48.9 Å². The molecule has 0 radical (unpaired) electrons. The highest BCUT2D eigenvalue weighted by molar-refractivity contribution is 7.98. The normalized spacial score (nSPS) is 15.5. The quantitative estimate of drug-likeness (QED) is 0.127. The fraction of sp³-hybridized carbons (Fsp3) is 0.300. The average Bonchev–Trinajstić information content (AvgIpc) is 3.73. The molecule has 6 rings (SSSR count). The summed E-state index contributed by atoms with van der Waals surface area (Å²) in [7, 11) is 0. The number of carbonyl (C=O) groups is 1. The first-order chi connectivity index (χ1) is 21.6. The number of rotatable bonds is 7. The first-order valence-electron chi connectivity index (χ1n) is 14.1. The van der Waals surface area contributed by atoms with Crippen molar-refractivity contribution in [2.45, 2.75) is 19.0 Å². The second-order valence-corrected chi connectivity index (χ2v) is 11.6. The van der Waals surface area contributed by atoms with Crippen molar-refractivity contribution in [3.05, 3.63) is 77.7 Å². The van der Waals surface area contributed by atoms with E-state index in [4.69, 9.17) is 21.5 Å². The number of piperazine rings is 1. The van der Waals surface area contributed by atoms with Crippen LogP contribution in [0.3, 0.4) is 0 Å². The molecule has 2 fully saturated rings. The lowest BCUT2D eigenvalue weighted by molar-refractivity contribution is -0.156. The zero-order valence-electron chi connectivity index (χ0n) is 23.8. The molecule has 4 aromatic rings. The van der Waals surface area contributed by atoms with Gasteiger partial charge in [0.2, 0.25) is 6.29 Å². The monoisotopic (exact) mass is 665 g/mol. The highest BCUT2D eigenvalue weighted by atomic mass is 35.5. The molecule has 0 saturated carbocycles. The van der Waals surface area contributed by atoms with Crippen molar-refractivity contribution in [1.82, 2.24) is 24.4 Å². The van der Waals surface area contributed by atoms with Gasteiger partial charge in [0, 0.05) is 97.8 Å². The van der Waals surface area contributed by atoms with Crippen LogP contribution in [-0.4, -0.2) is 70.8 Å². The van der Waals surface area contributed by atoms with Gasteiger partial charge in [-0.3, -0.25) is 9.78 Å². The summed E-state index contributed by atoms with van der Waals surface area (Å²) in [6.07, 6.45) is 1.60. The minimum Gasteiger partial charge on any atom is -0.367 e. The number of anilines is 2. The fourth-order valence-electron chi connectivity index (χ4n) is 4.98. The van der Waals surface area contributed by atoms with Gasteiger partial charge in [-0.1, -0.05) is 11.6 Å². The van der Waals surface area contributed by atoms with E-state index in [1.807, 2.05) is 23.1 Å². The van der Waals surface area contributed by atoms with Crippen molar-refractivity contribution in [2.24, 2.45) is 0 Å². The molecule has 8 nitrogen and oxygen atoms in total. The third kappa shape index (κ3) is 8.31. The molecule has 2 aliphatic heterocycles. The second kappa shape index (κ2) is 14.6. The van der Waals surface area contributed by atoms with Crippen LogP contribution in [-0.2, 0) is 4.79 Å². The predicted octanol–water partition coefficient (Wildman–Crippen LogP) is 6.76. The summed E-state index contributed by atoms with van der Waals surface area (Å²) in [5.74, 6) is -0.752. The Labute approximate surface area is 265 Å². The number of benzene rings is 2. The number of hydrogen-bond acceptors (Lipinski definition) is 8. The van der Waals surface area contributed by atoms with E-state index in [2.05, 4.69) is 19.3 Å². The number of pyridine rings is 1. The van der Waals surface area contributed by atoms with Crippen LogP contribution in [0.25, 0.3) is 28.1 Å². The molecule has 2 N–H and O–H groups in total. The first kappa shape index (κ1) is 32.7. The molecule has 2 aliphatic rings. The van der Waals surface area contributed by atoms with Gasteiger partial charge in [-0.25, -0.2) is 17.8 Å². The van der Waals surface area contributed by atoms with Crippen molar-refractivity contribution >= 4 is 41.4 Å². The smallest absolute Gasteiger partial charge is 0.367 e. The number of carbonyl (C=O) groups excluding carboxylic acids is 1. The zero-order valence-corrected chi connectivity index (χ0v) is 25.4. The van der Waals surface area contributed by atoms with E-state index in [0.717, 1.165) is 57.7 Å². The van der Waals surface area contributed by atoms with E-state index >= 15 is 8.78 Å². The Balaban J connectivity index is 0.000000609. The molecule has 4 heterocycles. The summed E-state index contributed by atoms with van der Waals surface area (Å²) in [5, 5.41) is 8.46. The van der Waals surface area contributed by atoms with Crippen LogP contribution in [0.15, 0.2) is 61.1 Å². The van der Waals surface area contributed by atoms with Gasteiger partial charge in [0.15, 0.2) is 5.82 Å². The molecule has 238 valence electrons. The number of aromatic nitrogens is 3. The number of hydrogen-bond donors (Lipinski definition) is 2. The third-order valence-corrected chi connectivity index (χ3v) is 8.29. The summed E-state index contributed by atoms with van der Waals surface area (Å²) in [6.45, 7) is 5.03. The fourth-order valence-corrected chi connectivity index (χ4v) is 6.01. The molecule has 0 amide bonds. The van der Waals surface area contributed by atoms with Gasteiger partial charge in [-0.2, -0.15) is 18.3 Å². The molecule has 0 spiro atoms. The number of nitrogens with zero attached hydrogens (tertiary/aromatic N) is 5. The minimum atomic E-state index is -4.64. The molecular formula is C30H29ClF5N7OS. The van der Waals surface area contributed by atoms with Crippen LogP contribution in [0.2, 0.25) is 5.02 Å². The number of alkyl halides is 3. The highest BCUT2D eigenvalue weighted by Gasteiger charge is 2.25. The molecule has 0 unspecified atom stereocenters. The van der Waals surface area contributed by atoms with Crippen LogP contribution in [0, 0.1) is 11.6 Å². The Morgan fingerprint density at radius 3 is 2.29 bits per heavy atom. The molecule has 0 aliphatic carbocycles. The van der Waals surface area contributed by atoms with E-state index in [9.17, 15) is 13.2 Å². The van der Waals surface area contributed by atoms with Crippen molar-refractivity contribution < 1.29 is 26.7 Å². The van der Waals surface area contributed by atoms with Crippen LogP contribution in [0.1, 0.15) is 12.8 Å². The van der Waals surface area contributed by atoms with Gasteiger partial charge in [0.1, 0.15) is 11.5 Å². The standard InChI is InChI=1S/C28H28ClF2N7S.C2HF3O/c29-20-15-22(27(31)25(16-20)35-39-37-11-1-2-12-37)23-18-38(34-28(23)19-5-7-32-8-6-19)21-3-4-26(24(30)17-21)36-13-9-33-10-14-36;3-2(4,5)1-6/h3-8,15-18,33,35H,1-2,9-14H2;1H. The van der Waals surface area contributed by atoms with Gasteiger partial charge in [0.05, 0.1) is 17.1 Å². The number of halogens is 6. The van der Waals surface area contributed by atoms with Crippen molar-refractivity contribution in [3.8, 4) is 28.1 Å². The lowest BCUT2D eigenvalue weighted by atomic mass is 10.0. The Morgan fingerprint density at radius 2 is 1.64 bits per heavy atom. The molecule has 2 aromatic heterocycles. The van der Waals surface area contributed by atoms with E-state index in [1.54, 1.807) is 41.5 Å². The molecule has 0 atom stereocenters. The number of nitrogens with one attached hydrogen (secondary N) is 2. The van der Waals surface area contributed by atoms with Crippen molar-refractivity contribution in [1.29, 1.82) is 0 Å². The number of aldehydes is 1. The summed E-state index contributed by atoms with van der Waals surface area (Å²) < 4.78 is 69.4. The summed E-state index contributed by atoms with van der Waals surface area (Å²) in [6, 6.07) is 11.9. The largest absolute Gasteiger partial charge is 0.446 e. The maximum Gasteiger partial charge on any atom is 0.446 e. The van der Waals surface area contributed by atoms with E-state index < -0.39 is 18.3 Å². The van der Waals surface area contributed by atoms with E-state index in [1.165, 1.54) is 18.2 Å². The Kier molecular flexibility index (Phi) is 10.6. The highest BCUT2D eigenvalue weighted by Crippen LogP contribution is 2.39. The van der Waals surface area contributed by atoms with Gasteiger partial charge in [-0.05, 0) is 49.2 Å². The molecular weight excluding hydrogens is 637 g/mol. The Hall–Kier alpha value is -3.72. The maximum absolute atomic E-state index is 16.0. The van der Waals surface area contributed by atoms with Crippen LogP contribution < -0.4 is 14.9 Å². The van der Waals surface area contributed by atoms with Gasteiger partial charge in [-0.15, -0.1) is 0 Å². The predicted molar refractivity (Wildman–Crippen MR) is 166 cm³/mol. The minimum absolute atomic E-state index is 0.300. The SMILES string of the molecule is Fc1cc(-n2cc(-c3cc(Cl)cc(NSN4CCCC4)c3F)c(-c3ccncc3)n2)ccc1N1CCNCC1.O=CC(F)(F)F. The lowest BCUT2D eigenvalue weighted by Gasteiger charge is -2.29. The van der Waals surface area contributed by atoms with Crippen LogP contribution in [0.5, 0.6) is 0 Å². The lowest BCUT2D eigenvalue weighted by Crippen LogP contribution is -2.43. The summed E-state index contributed by atoms with van der Waals surface area (Å²) in [4.78, 5) is 14.8. The van der Waals surface area contributed by atoms with E-state index in [-0.39, 0.29) is 5.82 Å². The first-order valence-corrected chi connectivity index (χ1v) is 15.2. The Bertz CT molecular complexity index is 1610. The second-order valence-electron chi connectivity index (χ2n) is 10.2. The van der Waals surface area contributed by atoms with E-state index in [0.29, 0.717) is 38.9 Å². The third-order valence-electron chi connectivity index (χ3n) is 7.13. The molecule has 2 aromatic carbocycles.